The molecular formula is C15H13N5OS2. The Labute approximate surface area is 140 Å². The lowest BCUT2D eigenvalue weighted by molar-refractivity contribution is 0.541. The van der Waals surface area contributed by atoms with E-state index < -0.39 is 0 Å². The third-order valence-corrected chi connectivity index (χ3v) is 5.20. The van der Waals surface area contributed by atoms with Gasteiger partial charge in [0.2, 0.25) is 5.89 Å². The van der Waals surface area contributed by atoms with Crippen LogP contribution in [0, 0.1) is 6.92 Å². The molecule has 6 nitrogen and oxygen atoms in total. The van der Waals surface area contributed by atoms with Gasteiger partial charge in [-0.15, -0.1) is 0 Å². The minimum Gasteiger partial charge on any atom is -0.441 e. The summed E-state index contributed by atoms with van der Waals surface area (Å²) >= 11 is 3.25. The van der Waals surface area contributed by atoms with Gasteiger partial charge in [-0.3, -0.25) is 4.68 Å². The van der Waals surface area contributed by atoms with Crippen molar-refractivity contribution in [3.63, 3.8) is 0 Å². The molecule has 0 aromatic carbocycles. The molecule has 116 valence electrons. The van der Waals surface area contributed by atoms with Gasteiger partial charge in [-0.1, -0.05) is 11.8 Å². The van der Waals surface area contributed by atoms with E-state index in [0.717, 1.165) is 33.1 Å². The molecule has 0 amide bonds. The van der Waals surface area contributed by atoms with Crippen LogP contribution in [0.5, 0.6) is 0 Å². The van der Waals surface area contributed by atoms with Gasteiger partial charge in [0.25, 0.3) is 0 Å². The Morgan fingerprint density at radius 1 is 1.35 bits per heavy atom. The van der Waals surface area contributed by atoms with E-state index in [9.17, 15) is 0 Å². The topological polar surface area (TPSA) is 69.6 Å². The fraction of sp³-hybridized carbons (Fsp3) is 0.200. The van der Waals surface area contributed by atoms with E-state index in [0.29, 0.717) is 11.6 Å². The van der Waals surface area contributed by atoms with Gasteiger partial charge in [-0.2, -0.15) is 16.4 Å². The van der Waals surface area contributed by atoms with E-state index in [1.165, 1.54) is 0 Å². The van der Waals surface area contributed by atoms with E-state index >= 15 is 0 Å². The van der Waals surface area contributed by atoms with Gasteiger partial charge in [0.1, 0.15) is 17.1 Å². The smallest absolute Gasteiger partial charge is 0.227 e. The molecule has 0 saturated heterocycles. The predicted molar refractivity (Wildman–Crippen MR) is 90.4 cm³/mol. The zero-order valence-electron chi connectivity index (χ0n) is 12.6. The maximum Gasteiger partial charge on any atom is 0.227 e. The van der Waals surface area contributed by atoms with Crippen LogP contribution >= 0.6 is 23.1 Å². The number of thioether (sulfide) groups is 1. The first kappa shape index (κ1) is 14.4. The van der Waals surface area contributed by atoms with Gasteiger partial charge in [0.05, 0.1) is 17.3 Å². The lowest BCUT2D eigenvalue weighted by atomic mass is 10.3. The van der Waals surface area contributed by atoms with Crippen molar-refractivity contribution in [3.8, 4) is 11.5 Å². The van der Waals surface area contributed by atoms with Gasteiger partial charge in [0, 0.05) is 23.7 Å². The van der Waals surface area contributed by atoms with E-state index in [1.807, 2.05) is 30.8 Å². The summed E-state index contributed by atoms with van der Waals surface area (Å²) in [6, 6.07) is 2.01. The average Bonchev–Trinajstić information content (AvgIpc) is 3.27. The van der Waals surface area contributed by atoms with Crippen molar-refractivity contribution in [2.75, 3.05) is 0 Å². The predicted octanol–water partition coefficient (Wildman–Crippen LogP) is 3.68. The molecule has 0 fully saturated rings. The molecule has 8 heteroatoms. The monoisotopic (exact) mass is 343 g/mol. The summed E-state index contributed by atoms with van der Waals surface area (Å²) in [7, 11) is 1.87. The van der Waals surface area contributed by atoms with Gasteiger partial charge >= 0.3 is 0 Å². The van der Waals surface area contributed by atoms with E-state index in [4.69, 9.17) is 4.42 Å². The standard InChI is InChI=1S/C15H13N5OS2/c1-9-12(19-14(21-9)10-3-4-22-6-10)7-23-15-11-5-18-20(2)13(11)16-8-17-15/h3-6,8H,7H2,1-2H3. The second-order valence-corrected chi connectivity index (χ2v) is 6.75. The number of oxazole rings is 1. The van der Waals surface area contributed by atoms with Gasteiger partial charge in [-0.05, 0) is 18.4 Å². The van der Waals surface area contributed by atoms with E-state index in [-0.39, 0.29) is 0 Å². The highest BCUT2D eigenvalue weighted by Crippen LogP contribution is 2.30. The molecule has 0 N–H and O–H groups in total. The van der Waals surface area contributed by atoms with Crippen molar-refractivity contribution < 1.29 is 4.42 Å². The molecule has 4 aromatic rings. The van der Waals surface area contributed by atoms with E-state index in [2.05, 4.69) is 20.1 Å². The molecule has 0 atom stereocenters. The Balaban J connectivity index is 1.59. The fourth-order valence-corrected chi connectivity index (χ4v) is 3.86. The first-order chi connectivity index (χ1) is 11.2. The van der Waals surface area contributed by atoms with E-state index in [1.54, 1.807) is 40.3 Å². The van der Waals surface area contributed by atoms with Crippen LogP contribution in [-0.2, 0) is 12.8 Å². The fourth-order valence-electron chi connectivity index (χ4n) is 2.26. The van der Waals surface area contributed by atoms with Gasteiger partial charge in [-0.25, -0.2) is 15.0 Å². The lowest BCUT2D eigenvalue weighted by Gasteiger charge is -2.00. The van der Waals surface area contributed by atoms with Crippen LogP contribution in [0.3, 0.4) is 0 Å². The van der Waals surface area contributed by atoms with Crippen LogP contribution in [0.4, 0.5) is 0 Å². The molecule has 0 aliphatic rings. The van der Waals surface area contributed by atoms with Gasteiger partial charge < -0.3 is 4.42 Å². The maximum absolute atomic E-state index is 5.77. The average molecular weight is 343 g/mol. The summed E-state index contributed by atoms with van der Waals surface area (Å²) in [5.74, 6) is 2.21. The van der Waals surface area contributed by atoms with Crippen molar-refractivity contribution in [1.82, 2.24) is 24.7 Å². The molecule has 0 bridgehead atoms. The molecule has 0 radical (unpaired) electrons. The highest BCUT2D eigenvalue weighted by atomic mass is 32.2. The normalized spacial score (nSPS) is 11.4. The molecule has 4 aromatic heterocycles. The SMILES string of the molecule is Cc1oc(-c2ccsc2)nc1CSc1ncnc2c1cnn2C. The van der Waals surface area contributed by atoms with Crippen LogP contribution in [0.25, 0.3) is 22.5 Å². The van der Waals surface area contributed by atoms with Crippen molar-refractivity contribution in [2.24, 2.45) is 7.05 Å². The number of aromatic nitrogens is 5. The molecule has 4 heterocycles. The molecule has 0 unspecified atom stereocenters. The maximum atomic E-state index is 5.77. The van der Waals surface area contributed by atoms with Crippen LogP contribution in [0.2, 0.25) is 0 Å². The second-order valence-electron chi connectivity index (χ2n) is 5.01. The van der Waals surface area contributed by atoms with Crippen LogP contribution in [0.1, 0.15) is 11.5 Å². The van der Waals surface area contributed by atoms with Crippen molar-refractivity contribution in [1.29, 1.82) is 0 Å². The number of thiophene rings is 1. The third-order valence-electron chi connectivity index (χ3n) is 3.50. The Morgan fingerprint density at radius 3 is 3.09 bits per heavy atom. The quantitative estimate of drug-likeness (QED) is 0.416. The number of aryl methyl sites for hydroxylation is 2. The Hall–Kier alpha value is -2.19. The summed E-state index contributed by atoms with van der Waals surface area (Å²) in [5.41, 5.74) is 2.79. The zero-order chi connectivity index (χ0) is 15.8. The summed E-state index contributed by atoms with van der Waals surface area (Å²) in [4.78, 5) is 13.2. The van der Waals surface area contributed by atoms with Crippen molar-refractivity contribution in [2.45, 2.75) is 17.7 Å². The molecule has 0 spiro atoms. The number of fused-ring (bicyclic) bond motifs is 1. The number of hydrogen-bond donors (Lipinski definition) is 0. The molecule has 4 rings (SSSR count). The summed E-state index contributed by atoms with van der Waals surface area (Å²) in [5, 5.41) is 10.1. The highest BCUT2D eigenvalue weighted by Gasteiger charge is 2.14. The van der Waals surface area contributed by atoms with Gasteiger partial charge in [0.15, 0.2) is 5.65 Å². The molecule has 0 aliphatic carbocycles. The Kier molecular flexibility index (Phi) is 3.62. The summed E-state index contributed by atoms with van der Waals surface area (Å²) < 4.78 is 7.52. The van der Waals surface area contributed by atoms with Crippen LogP contribution < -0.4 is 0 Å². The number of rotatable bonds is 4. The first-order valence-corrected chi connectivity index (χ1v) is 8.89. The second kappa shape index (κ2) is 5.78. The first-order valence-electron chi connectivity index (χ1n) is 6.97. The Bertz CT molecular complexity index is 958. The molecule has 23 heavy (non-hydrogen) atoms. The summed E-state index contributed by atoms with van der Waals surface area (Å²) in [6.45, 7) is 1.94. The molecular weight excluding hydrogens is 330 g/mol. The van der Waals surface area contributed by atoms with Crippen molar-refractivity contribution >= 4 is 34.1 Å². The zero-order valence-corrected chi connectivity index (χ0v) is 14.2. The highest BCUT2D eigenvalue weighted by molar-refractivity contribution is 7.98. The van der Waals surface area contributed by atoms with Crippen molar-refractivity contribution in [3.05, 3.63) is 40.8 Å². The molecule has 0 saturated carbocycles. The van der Waals surface area contributed by atoms with Crippen LogP contribution in [0.15, 0.2) is 38.8 Å². The number of nitrogens with zero attached hydrogens (tertiary/aromatic N) is 5. The third kappa shape index (κ3) is 2.64. The minimum absolute atomic E-state index is 0.675. The number of hydrogen-bond acceptors (Lipinski definition) is 7. The van der Waals surface area contributed by atoms with Crippen LogP contribution in [-0.4, -0.2) is 24.7 Å². The lowest BCUT2D eigenvalue weighted by Crippen LogP contribution is -1.93. The summed E-state index contributed by atoms with van der Waals surface area (Å²) in [6.07, 6.45) is 3.36. The Morgan fingerprint density at radius 2 is 2.26 bits per heavy atom. The minimum atomic E-state index is 0.675. The molecule has 0 aliphatic heterocycles. The largest absolute Gasteiger partial charge is 0.441 e.